The summed E-state index contributed by atoms with van der Waals surface area (Å²) in [5, 5.41) is 25.0. The van der Waals surface area contributed by atoms with Crippen molar-refractivity contribution in [3.63, 3.8) is 0 Å². The summed E-state index contributed by atoms with van der Waals surface area (Å²) in [5.74, 6) is -0.0538. The van der Waals surface area contributed by atoms with Gasteiger partial charge in [-0.1, -0.05) is 29.7 Å². The molecule has 2 N–H and O–H groups in total. The number of alkyl halides is 6. The van der Waals surface area contributed by atoms with Gasteiger partial charge in [0.2, 0.25) is 0 Å². The maximum atomic E-state index is 13.6. The Kier molecular flexibility index (Phi) is 13.3. The fourth-order valence-corrected chi connectivity index (χ4v) is 6.23. The van der Waals surface area contributed by atoms with Crippen LogP contribution < -0.4 is 10.2 Å². The van der Waals surface area contributed by atoms with E-state index in [0.29, 0.717) is 42.5 Å². The number of aromatic nitrogens is 4. The Morgan fingerprint density at radius 3 is 2.11 bits per heavy atom. The molecule has 0 atom stereocenters. The number of halogens is 8. The van der Waals surface area contributed by atoms with E-state index in [1.807, 2.05) is 13.0 Å². The van der Waals surface area contributed by atoms with E-state index in [1.54, 1.807) is 6.07 Å². The zero-order valence-electron chi connectivity index (χ0n) is 26.0. The van der Waals surface area contributed by atoms with Gasteiger partial charge in [0.25, 0.3) is 5.95 Å². The molecule has 16 heteroatoms. The number of benzene rings is 2. The molecule has 0 amide bonds. The minimum absolute atomic E-state index is 0. The van der Waals surface area contributed by atoms with Crippen LogP contribution in [0.5, 0.6) is 0 Å². The fourth-order valence-electron chi connectivity index (χ4n) is 5.91. The minimum Gasteiger partial charge on any atom is -0.481 e. The molecule has 1 heterocycles. The van der Waals surface area contributed by atoms with E-state index < -0.39 is 29.4 Å². The average Bonchev–Trinajstić information content (AvgIpc) is 3.41. The molecule has 1 aliphatic rings. The molecule has 0 radical (unpaired) electrons. The van der Waals surface area contributed by atoms with Crippen LogP contribution in [0.2, 0.25) is 5.02 Å². The maximum absolute atomic E-state index is 13.6. The van der Waals surface area contributed by atoms with Gasteiger partial charge in [-0.3, -0.25) is 4.79 Å². The standard InChI is InChI=1S/C31H37ClF6N6O2.ClH/c1-3-22-13-23(8-9-39-16-20-6-4-19(5-7-20)12-28(45)46)24(14-27(22)32)18-44(29-40-42-43(2)41-29)17-21-10-25(30(33,34)35)15-26(11-21)31(36,37)38;/h10-11,13-15,19-20,39H,3-9,12,16-18H2,1-2H3,(H,45,46);1H/t19-,20-;. The van der Waals surface area contributed by atoms with Gasteiger partial charge in [0.1, 0.15) is 0 Å². The number of nitrogens with zero attached hydrogens (tertiary/aromatic N) is 5. The number of anilines is 1. The zero-order chi connectivity index (χ0) is 33.6. The van der Waals surface area contributed by atoms with Crippen LogP contribution in [-0.4, -0.2) is 44.4 Å². The molecule has 3 aromatic rings. The van der Waals surface area contributed by atoms with Gasteiger partial charge in [-0.25, -0.2) is 0 Å². The number of nitrogens with one attached hydrogen (secondary N) is 1. The van der Waals surface area contributed by atoms with Gasteiger partial charge in [0.15, 0.2) is 0 Å². The number of aliphatic carboxylic acids is 1. The molecule has 0 saturated heterocycles. The number of aryl methyl sites for hydroxylation is 2. The Labute approximate surface area is 280 Å². The minimum atomic E-state index is -4.98. The second kappa shape index (κ2) is 16.3. The van der Waals surface area contributed by atoms with Crippen LogP contribution >= 0.6 is 24.0 Å². The van der Waals surface area contributed by atoms with Crippen molar-refractivity contribution in [2.75, 3.05) is 18.0 Å². The number of carboxylic acid groups (broad SMARTS) is 1. The van der Waals surface area contributed by atoms with Crippen LogP contribution in [0, 0.1) is 11.8 Å². The van der Waals surface area contributed by atoms with Crippen LogP contribution in [0.15, 0.2) is 30.3 Å². The third-order valence-electron chi connectivity index (χ3n) is 8.35. The normalized spacial score (nSPS) is 17.0. The highest BCUT2D eigenvalue weighted by Gasteiger charge is 2.37. The van der Waals surface area contributed by atoms with E-state index in [9.17, 15) is 31.1 Å². The quantitative estimate of drug-likeness (QED) is 0.140. The molecule has 47 heavy (non-hydrogen) atoms. The first-order chi connectivity index (χ1) is 21.6. The molecule has 4 rings (SSSR count). The van der Waals surface area contributed by atoms with Gasteiger partial charge in [0, 0.05) is 24.5 Å². The molecule has 0 spiro atoms. The summed E-state index contributed by atoms with van der Waals surface area (Å²) in [6.07, 6.45) is -4.79. The Bertz CT molecular complexity index is 1460. The molecule has 1 aliphatic carbocycles. The predicted molar refractivity (Wildman–Crippen MR) is 167 cm³/mol. The second-order valence-corrected chi connectivity index (χ2v) is 12.3. The molecule has 260 valence electrons. The van der Waals surface area contributed by atoms with Crippen molar-refractivity contribution in [2.45, 2.75) is 77.3 Å². The molecular formula is C31H38Cl2F6N6O2. The van der Waals surface area contributed by atoms with Gasteiger partial charge in [-0.15, -0.1) is 17.5 Å². The molecule has 0 bridgehead atoms. The molecule has 2 aromatic carbocycles. The molecular weight excluding hydrogens is 673 g/mol. The first kappa shape index (κ1) is 38.3. The van der Waals surface area contributed by atoms with Crippen molar-refractivity contribution >= 4 is 35.9 Å². The average molecular weight is 712 g/mol. The van der Waals surface area contributed by atoms with Crippen LogP contribution in [0.25, 0.3) is 0 Å². The second-order valence-electron chi connectivity index (χ2n) is 11.9. The fraction of sp³-hybridized carbons (Fsp3) is 0.548. The summed E-state index contributed by atoms with van der Waals surface area (Å²) in [5.41, 5.74) is -0.452. The third-order valence-corrected chi connectivity index (χ3v) is 8.70. The highest BCUT2D eigenvalue weighted by atomic mass is 35.5. The van der Waals surface area contributed by atoms with Gasteiger partial charge >= 0.3 is 18.3 Å². The smallest absolute Gasteiger partial charge is 0.416 e. The highest BCUT2D eigenvalue weighted by molar-refractivity contribution is 6.31. The van der Waals surface area contributed by atoms with Crippen LogP contribution in [0.3, 0.4) is 0 Å². The van der Waals surface area contributed by atoms with Crippen molar-refractivity contribution in [2.24, 2.45) is 18.9 Å². The number of carboxylic acids is 1. The number of tetrazole rings is 1. The van der Waals surface area contributed by atoms with Gasteiger partial charge in [-0.05, 0) is 115 Å². The molecule has 8 nitrogen and oxygen atoms in total. The summed E-state index contributed by atoms with van der Waals surface area (Å²) in [4.78, 5) is 13.6. The molecule has 0 unspecified atom stereocenters. The summed E-state index contributed by atoms with van der Waals surface area (Å²) in [7, 11) is 1.50. The number of hydrogen-bond acceptors (Lipinski definition) is 6. The van der Waals surface area contributed by atoms with Crippen molar-refractivity contribution < 1.29 is 36.2 Å². The van der Waals surface area contributed by atoms with E-state index in [1.165, 1.54) is 11.9 Å². The Hall–Kier alpha value is -3.10. The Balaban J connectivity index is 0.00000600. The van der Waals surface area contributed by atoms with Crippen molar-refractivity contribution in [1.29, 1.82) is 0 Å². The summed E-state index contributed by atoms with van der Waals surface area (Å²) in [6, 6.07) is 5.25. The molecule has 0 aliphatic heterocycles. The monoisotopic (exact) mass is 710 g/mol. The van der Waals surface area contributed by atoms with E-state index in [0.717, 1.165) is 53.7 Å². The molecule has 1 saturated carbocycles. The van der Waals surface area contributed by atoms with Crippen molar-refractivity contribution in [3.8, 4) is 0 Å². The van der Waals surface area contributed by atoms with Gasteiger partial charge < -0.3 is 15.3 Å². The van der Waals surface area contributed by atoms with Gasteiger partial charge in [0.05, 0.1) is 18.2 Å². The summed E-state index contributed by atoms with van der Waals surface area (Å²) in [6.45, 7) is 3.07. The SMILES string of the molecule is CCc1cc(CCNC[C@H]2CC[C@H](CC(=O)O)CC2)c(CN(Cc2cc(C(F)(F)F)cc(C(F)(F)F)c2)c2nnn(C)n2)cc1Cl.Cl. The van der Waals surface area contributed by atoms with Crippen LogP contribution in [0.4, 0.5) is 32.3 Å². The lowest BCUT2D eigenvalue weighted by Crippen LogP contribution is -2.29. The summed E-state index contributed by atoms with van der Waals surface area (Å²) >= 11 is 6.57. The van der Waals surface area contributed by atoms with Crippen LogP contribution in [-0.2, 0) is 50.1 Å². The zero-order valence-corrected chi connectivity index (χ0v) is 27.5. The van der Waals surface area contributed by atoms with E-state index in [2.05, 4.69) is 20.7 Å². The van der Waals surface area contributed by atoms with E-state index in [-0.39, 0.29) is 55.4 Å². The van der Waals surface area contributed by atoms with Crippen molar-refractivity contribution in [3.05, 3.63) is 68.7 Å². The first-order valence-corrected chi connectivity index (χ1v) is 15.5. The van der Waals surface area contributed by atoms with Gasteiger partial charge in [-0.2, -0.15) is 31.1 Å². The summed E-state index contributed by atoms with van der Waals surface area (Å²) < 4.78 is 81.5. The number of carbonyl (C=O) groups is 1. The topological polar surface area (TPSA) is 96.2 Å². The number of rotatable bonds is 13. The van der Waals surface area contributed by atoms with Crippen molar-refractivity contribution in [1.82, 2.24) is 25.5 Å². The third kappa shape index (κ3) is 11.0. The van der Waals surface area contributed by atoms with Crippen LogP contribution in [0.1, 0.15) is 72.4 Å². The maximum Gasteiger partial charge on any atom is 0.416 e. The Morgan fingerprint density at radius 1 is 0.957 bits per heavy atom. The lowest BCUT2D eigenvalue weighted by atomic mass is 9.80. The number of hydrogen-bond donors (Lipinski definition) is 2. The largest absolute Gasteiger partial charge is 0.481 e. The predicted octanol–water partition coefficient (Wildman–Crippen LogP) is 7.51. The lowest BCUT2D eigenvalue weighted by Gasteiger charge is -2.28. The molecule has 1 fully saturated rings. The lowest BCUT2D eigenvalue weighted by molar-refractivity contribution is -0.143. The molecule has 1 aromatic heterocycles. The Morgan fingerprint density at radius 2 is 1.57 bits per heavy atom. The van der Waals surface area contributed by atoms with E-state index in [4.69, 9.17) is 16.7 Å². The van der Waals surface area contributed by atoms with E-state index >= 15 is 0 Å². The highest BCUT2D eigenvalue weighted by Crippen LogP contribution is 2.37. The first-order valence-electron chi connectivity index (χ1n) is 15.1.